The predicted octanol–water partition coefficient (Wildman–Crippen LogP) is 1.82. The van der Waals surface area contributed by atoms with Gasteiger partial charge >= 0.3 is 6.03 Å². The number of urea groups is 1. The fourth-order valence-corrected chi connectivity index (χ4v) is 2.56. The lowest BCUT2D eigenvalue weighted by Gasteiger charge is -2.16. The molecule has 0 atom stereocenters. The molecule has 2 rings (SSSR count). The first kappa shape index (κ1) is 18.8. The third-order valence-electron chi connectivity index (χ3n) is 3.88. The van der Waals surface area contributed by atoms with Gasteiger partial charge < -0.3 is 15.5 Å². The number of hydrogen-bond acceptors (Lipinski definition) is 4. The first-order valence-electron chi connectivity index (χ1n) is 8.66. The second-order valence-electron chi connectivity index (χ2n) is 6.59. The van der Waals surface area contributed by atoms with Gasteiger partial charge in [0.05, 0.1) is 6.54 Å². The van der Waals surface area contributed by atoms with Gasteiger partial charge in [-0.05, 0) is 37.0 Å². The molecular formula is C18H26N4O3. The molecule has 0 aliphatic carbocycles. The van der Waals surface area contributed by atoms with Crippen molar-refractivity contribution in [1.29, 1.82) is 0 Å². The summed E-state index contributed by atoms with van der Waals surface area (Å²) in [6, 6.07) is 6.56. The molecule has 1 saturated heterocycles. The van der Waals surface area contributed by atoms with Gasteiger partial charge in [0.1, 0.15) is 0 Å². The summed E-state index contributed by atoms with van der Waals surface area (Å²) in [5, 5.41) is 7.82. The smallest absolute Gasteiger partial charge is 0.321 e. The summed E-state index contributed by atoms with van der Waals surface area (Å²) < 4.78 is 0. The molecule has 3 N–H and O–H groups in total. The van der Waals surface area contributed by atoms with Crippen molar-refractivity contribution in [3.8, 4) is 0 Å². The molecule has 0 unspecified atom stereocenters. The fourth-order valence-electron chi connectivity index (χ4n) is 2.56. The lowest BCUT2D eigenvalue weighted by atomic mass is 10.1. The molecule has 0 spiro atoms. The molecule has 1 heterocycles. The van der Waals surface area contributed by atoms with Crippen molar-refractivity contribution >= 4 is 23.5 Å². The topological polar surface area (TPSA) is 90.5 Å². The van der Waals surface area contributed by atoms with Crippen LogP contribution in [0.1, 0.15) is 37.0 Å². The Morgan fingerprint density at radius 2 is 1.88 bits per heavy atom. The zero-order valence-electron chi connectivity index (χ0n) is 14.8. The average Bonchev–Trinajstić information content (AvgIpc) is 3.12. The van der Waals surface area contributed by atoms with Crippen LogP contribution >= 0.6 is 0 Å². The third kappa shape index (κ3) is 6.10. The molecule has 1 aromatic rings. The maximum Gasteiger partial charge on any atom is 0.321 e. The van der Waals surface area contributed by atoms with Crippen LogP contribution in [0.25, 0.3) is 0 Å². The molecule has 4 amide bonds. The second kappa shape index (κ2) is 9.05. The molecule has 7 heteroatoms. The third-order valence-corrected chi connectivity index (χ3v) is 3.88. The van der Waals surface area contributed by atoms with Gasteiger partial charge in [0.2, 0.25) is 5.91 Å². The zero-order valence-corrected chi connectivity index (χ0v) is 14.8. The van der Waals surface area contributed by atoms with Crippen LogP contribution in [0.15, 0.2) is 24.3 Å². The molecule has 1 fully saturated rings. The molecule has 1 aliphatic heterocycles. The summed E-state index contributed by atoms with van der Waals surface area (Å²) in [6.07, 6.45) is 2.09. The molecule has 0 aromatic heterocycles. The van der Waals surface area contributed by atoms with Crippen LogP contribution in [0.3, 0.4) is 0 Å². The monoisotopic (exact) mass is 346 g/mol. The van der Waals surface area contributed by atoms with E-state index < -0.39 is 11.9 Å². The summed E-state index contributed by atoms with van der Waals surface area (Å²) in [4.78, 5) is 37.5. The number of benzene rings is 1. The normalized spacial score (nSPS) is 13.6. The Balaban J connectivity index is 1.82. The van der Waals surface area contributed by atoms with Crippen molar-refractivity contribution < 1.29 is 14.4 Å². The Hall–Kier alpha value is -2.57. The van der Waals surface area contributed by atoms with Gasteiger partial charge in [-0.3, -0.25) is 14.9 Å². The number of amides is 4. The van der Waals surface area contributed by atoms with Crippen LogP contribution in [-0.2, 0) is 4.79 Å². The lowest BCUT2D eigenvalue weighted by Crippen LogP contribution is -2.43. The number of hydrogen-bond donors (Lipinski definition) is 3. The van der Waals surface area contributed by atoms with Crippen molar-refractivity contribution in [1.82, 2.24) is 15.5 Å². The van der Waals surface area contributed by atoms with E-state index in [-0.39, 0.29) is 12.5 Å². The molecule has 7 nitrogen and oxygen atoms in total. The minimum atomic E-state index is -0.501. The summed E-state index contributed by atoms with van der Waals surface area (Å²) in [7, 11) is 0. The maximum absolute atomic E-state index is 12.4. The molecule has 0 saturated carbocycles. The molecule has 0 radical (unpaired) electrons. The van der Waals surface area contributed by atoms with Gasteiger partial charge in [-0.25, -0.2) is 4.79 Å². The SMILES string of the molecule is CC(C)CNC(=O)NC(=O)CNc1cccc(C(=O)N2CCCC2)c1. The van der Waals surface area contributed by atoms with E-state index in [0.717, 1.165) is 25.9 Å². The van der Waals surface area contributed by atoms with E-state index in [2.05, 4.69) is 16.0 Å². The largest absolute Gasteiger partial charge is 0.376 e. The predicted molar refractivity (Wildman–Crippen MR) is 96.4 cm³/mol. The van der Waals surface area contributed by atoms with E-state index in [4.69, 9.17) is 0 Å². The highest BCUT2D eigenvalue weighted by molar-refractivity contribution is 5.97. The summed E-state index contributed by atoms with van der Waals surface area (Å²) in [6.45, 7) is 6.00. The Kier molecular flexibility index (Phi) is 6.80. The molecule has 136 valence electrons. The molecule has 1 aliphatic rings. The van der Waals surface area contributed by atoms with E-state index in [0.29, 0.717) is 23.7 Å². The minimum Gasteiger partial charge on any atom is -0.376 e. The summed E-state index contributed by atoms with van der Waals surface area (Å²) >= 11 is 0. The number of rotatable bonds is 6. The standard InChI is InChI=1S/C18H26N4O3/c1-13(2)11-20-18(25)21-16(23)12-19-15-7-5-6-14(10-15)17(24)22-8-3-4-9-22/h5-7,10,13,19H,3-4,8-9,11-12H2,1-2H3,(H2,20,21,23,25). The highest BCUT2D eigenvalue weighted by Crippen LogP contribution is 2.16. The zero-order chi connectivity index (χ0) is 18.2. The Morgan fingerprint density at radius 3 is 2.56 bits per heavy atom. The van der Waals surface area contributed by atoms with Crippen LogP contribution in [0.5, 0.6) is 0 Å². The number of anilines is 1. The van der Waals surface area contributed by atoms with Gasteiger partial charge in [-0.15, -0.1) is 0 Å². The van der Waals surface area contributed by atoms with E-state index in [1.165, 1.54) is 0 Å². The highest BCUT2D eigenvalue weighted by atomic mass is 16.2. The maximum atomic E-state index is 12.4. The Morgan fingerprint density at radius 1 is 1.16 bits per heavy atom. The van der Waals surface area contributed by atoms with Crippen molar-refractivity contribution in [2.45, 2.75) is 26.7 Å². The quantitative estimate of drug-likeness (QED) is 0.733. The number of likely N-dealkylation sites (tertiary alicyclic amines) is 1. The number of nitrogens with zero attached hydrogens (tertiary/aromatic N) is 1. The van der Waals surface area contributed by atoms with Gasteiger partial charge in [-0.1, -0.05) is 19.9 Å². The first-order valence-corrected chi connectivity index (χ1v) is 8.66. The van der Waals surface area contributed by atoms with Gasteiger partial charge in [0, 0.05) is 30.9 Å². The first-order chi connectivity index (χ1) is 12.0. The average molecular weight is 346 g/mol. The van der Waals surface area contributed by atoms with Crippen molar-refractivity contribution in [3.63, 3.8) is 0 Å². The molecule has 1 aromatic carbocycles. The second-order valence-corrected chi connectivity index (χ2v) is 6.59. The van der Waals surface area contributed by atoms with Crippen LogP contribution < -0.4 is 16.0 Å². The summed E-state index contributed by atoms with van der Waals surface area (Å²) in [5.74, 6) is -0.106. The van der Waals surface area contributed by atoms with Crippen LogP contribution in [0, 0.1) is 5.92 Å². The fraction of sp³-hybridized carbons (Fsp3) is 0.500. The van der Waals surface area contributed by atoms with Crippen molar-refractivity contribution in [2.75, 3.05) is 31.5 Å². The minimum absolute atomic E-state index is 0.0127. The van der Waals surface area contributed by atoms with Crippen LogP contribution in [0.2, 0.25) is 0 Å². The van der Waals surface area contributed by atoms with Crippen molar-refractivity contribution in [2.24, 2.45) is 5.92 Å². The van der Waals surface area contributed by atoms with Crippen LogP contribution in [-0.4, -0.2) is 48.9 Å². The lowest BCUT2D eigenvalue weighted by molar-refractivity contribution is -0.118. The number of carbonyl (C=O) groups is 3. The Bertz CT molecular complexity index is 625. The number of carbonyl (C=O) groups excluding carboxylic acids is 3. The number of imide groups is 1. The Labute approximate surface area is 148 Å². The summed E-state index contributed by atoms with van der Waals surface area (Å²) in [5.41, 5.74) is 1.27. The number of nitrogens with one attached hydrogen (secondary N) is 3. The van der Waals surface area contributed by atoms with E-state index in [1.807, 2.05) is 18.7 Å². The van der Waals surface area contributed by atoms with Crippen LogP contribution in [0.4, 0.5) is 10.5 Å². The van der Waals surface area contributed by atoms with Gasteiger partial charge in [0.25, 0.3) is 5.91 Å². The highest BCUT2D eigenvalue weighted by Gasteiger charge is 2.19. The van der Waals surface area contributed by atoms with E-state index >= 15 is 0 Å². The molecule has 0 bridgehead atoms. The molecular weight excluding hydrogens is 320 g/mol. The van der Waals surface area contributed by atoms with Gasteiger partial charge in [0.15, 0.2) is 0 Å². The van der Waals surface area contributed by atoms with E-state index in [1.54, 1.807) is 24.3 Å². The molecule has 25 heavy (non-hydrogen) atoms. The van der Waals surface area contributed by atoms with Crippen molar-refractivity contribution in [3.05, 3.63) is 29.8 Å². The van der Waals surface area contributed by atoms with Gasteiger partial charge in [-0.2, -0.15) is 0 Å². The van der Waals surface area contributed by atoms with E-state index in [9.17, 15) is 14.4 Å².